The molecule has 10 nitrogen and oxygen atoms in total. The number of thiophene rings is 1. The van der Waals surface area contributed by atoms with Gasteiger partial charge in [-0.2, -0.15) is 0 Å². The van der Waals surface area contributed by atoms with Gasteiger partial charge < -0.3 is 13.7 Å². The first-order valence-corrected chi connectivity index (χ1v) is 41.2. The quantitative estimate of drug-likeness (QED) is 0.118. The molecule has 0 amide bonds. The highest BCUT2D eigenvalue weighted by molar-refractivity contribution is 7.87. The molecule has 17 aromatic rings. The van der Waals surface area contributed by atoms with E-state index in [1.165, 1.54) is 20.9 Å². The van der Waals surface area contributed by atoms with Gasteiger partial charge in [0.1, 0.15) is 17.5 Å². The fourth-order valence-electron chi connectivity index (χ4n) is 15.5. The number of aromatic nitrogens is 7. The SMILES string of the molecule is CCc1nc2cccc3c2n1-c1ccc(-c2ccc(-c4ccc(-c5ccccc5)s4)cc2)cc1P3(=O)c1ccccc1.CCc1nc2cccc3c2n1-c1ccc(-c2ccccc2)cc1P3(=O)c1ccccc1.CCc1nc2cccc3c2n1-c1ccc(-c2ccncc2)cc1P3(=O)c1ccccc1. The van der Waals surface area contributed by atoms with E-state index in [1.54, 1.807) is 23.7 Å². The first-order valence-electron chi connectivity index (χ1n) is 35.2. The maximum atomic E-state index is 15.5. The van der Waals surface area contributed by atoms with E-state index in [1.807, 2.05) is 182 Å². The zero-order valence-corrected chi connectivity index (χ0v) is 60.8. The third kappa shape index (κ3) is 10.4. The number of fused-ring (bicyclic) bond motifs is 6. The second-order valence-electron chi connectivity index (χ2n) is 26.2. The molecule has 3 unspecified atom stereocenters. The summed E-state index contributed by atoms with van der Waals surface area (Å²) in [5, 5.41) is 7.78. The molecular weight excluding hydrogens is 1350 g/mol. The van der Waals surface area contributed by atoms with Crippen molar-refractivity contribution < 1.29 is 13.7 Å². The van der Waals surface area contributed by atoms with Gasteiger partial charge >= 0.3 is 0 Å². The van der Waals surface area contributed by atoms with Crippen molar-refractivity contribution in [3.63, 3.8) is 0 Å². The third-order valence-corrected chi connectivity index (χ3v) is 30.9. The summed E-state index contributed by atoms with van der Waals surface area (Å²) in [5.41, 5.74) is 17.4. The third-order valence-electron chi connectivity index (χ3n) is 20.5. The molecule has 20 rings (SSSR count). The summed E-state index contributed by atoms with van der Waals surface area (Å²) in [6.07, 6.45) is 5.98. The Morgan fingerprint density at radius 1 is 0.279 bits per heavy atom. The maximum Gasteiger partial charge on any atom is 0.175 e. The van der Waals surface area contributed by atoms with Crippen LogP contribution in [0.3, 0.4) is 0 Å². The Morgan fingerprint density at radius 3 is 0.913 bits per heavy atom. The van der Waals surface area contributed by atoms with Crippen molar-refractivity contribution in [3.05, 3.63) is 339 Å². The molecule has 8 heterocycles. The zero-order chi connectivity index (χ0) is 70.3. The summed E-state index contributed by atoms with van der Waals surface area (Å²) in [4.78, 5) is 21.3. The molecule has 3 aliphatic heterocycles. The molecule has 0 bridgehead atoms. The van der Waals surface area contributed by atoms with Crippen molar-refractivity contribution in [2.75, 3.05) is 0 Å². The van der Waals surface area contributed by atoms with E-state index in [2.05, 4.69) is 167 Å². The molecule has 0 fully saturated rings. The molecule has 0 saturated carbocycles. The van der Waals surface area contributed by atoms with Crippen molar-refractivity contribution in [1.82, 2.24) is 33.6 Å². The van der Waals surface area contributed by atoms with Crippen LogP contribution in [0.5, 0.6) is 0 Å². The van der Waals surface area contributed by atoms with Gasteiger partial charge in [0.15, 0.2) is 21.4 Å². The molecule has 0 aliphatic carbocycles. The van der Waals surface area contributed by atoms with Gasteiger partial charge in [-0.1, -0.05) is 233 Å². The molecule has 3 aliphatic rings. The monoisotopic (exact) mass is 1420 g/mol. The lowest BCUT2D eigenvalue weighted by atomic mass is 10.0. The van der Waals surface area contributed by atoms with Crippen molar-refractivity contribution in [3.8, 4) is 71.3 Å². The Labute approximate surface area is 607 Å². The normalized spacial score (nSPS) is 16.4. The number of para-hydroxylation sites is 3. The summed E-state index contributed by atoms with van der Waals surface area (Å²) in [6.45, 7) is 6.36. The number of aryl methyl sites for hydroxylation is 3. The molecule has 0 saturated heterocycles. The van der Waals surface area contributed by atoms with Gasteiger partial charge in [0, 0.05) is 89.2 Å². The first kappa shape index (κ1) is 64.7. The number of pyridine rings is 1. The lowest BCUT2D eigenvalue weighted by molar-refractivity contribution is 0.591. The van der Waals surface area contributed by atoms with Crippen LogP contribution in [0.25, 0.3) is 104 Å². The topological polar surface area (TPSA) is 118 Å². The van der Waals surface area contributed by atoms with E-state index in [-0.39, 0.29) is 0 Å². The molecule has 0 radical (unpaired) electrons. The molecule has 104 heavy (non-hydrogen) atoms. The highest BCUT2D eigenvalue weighted by atomic mass is 32.1. The molecule has 12 aromatic carbocycles. The van der Waals surface area contributed by atoms with Crippen LogP contribution < -0.4 is 47.7 Å². The Kier molecular flexibility index (Phi) is 16.3. The second-order valence-corrected chi connectivity index (χ2v) is 35.4. The van der Waals surface area contributed by atoms with E-state index in [0.29, 0.717) is 0 Å². The van der Waals surface area contributed by atoms with E-state index >= 15 is 13.7 Å². The van der Waals surface area contributed by atoms with Gasteiger partial charge in [-0.25, -0.2) is 15.0 Å². The minimum Gasteiger partial charge on any atom is -0.308 e. The minimum atomic E-state index is -3.15. The summed E-state index contributed by atoms with van der Waals surface area (Å²) in [6, 6.07) is 105. The van der Waals surface area contributed by atoms with E-state index in [0.717, 1.165) is 168 Å². The van der Waals surface area contributed by atoms with Crippen LogP contribution in [0.15, 0.2) is 322 Å². The van der Waals surface area contributed by atoms with Crippen molar-refractivity contribution >= 4 is 114 Å². The lowest BCUT2D eigenvalue weighted by Gasteiger charge is -2.29. The van der Waals surface area contributed by atoms with E-state index in [9.17, 15) is 0 Å². The Hall–Kier alpha value is -11.4. The van der Waals surface area contributed by atoms with Crippen LogP contribution >= 0.6 is 32.8 Å². The number of benzene rings is 12. The van der Waals surface area contributed by atoms with Gasteiger partial charge in [0.25, 0.3) is 0 Å². The highest BCUT2D eigenvalue weighted by Gasteiger charge is 2.43. The van der Waals surface area contributed by atoms with Crippen molar-refractivity contribution in [1.29, 1.82) is 0 Å². The summed E-state index contributed by atoms with van der Waals surface area (Å²) in [7, 11) is -9.31. The molecule has 3 atom stereocenters. The average Bonchev–Trinajstić information content (AvgIpc) is 1.32. The highest BCUT2D eigenvalue weighted by Crippen LogP contribution is 2.53. The van der Waals surface area contributed by atoms with Gasteiger partial charge in [0.2, 0.25) is 0 Å². The number of nitrogens with zero attached hydrogens (tertiary/aromatic N) is 7. The van der Waals surface area contributed by atoms with Crippen LogP contribution in [0.1, 0.15) is 38.2 Å². The largest absolute Gasteiger partial charge is 0.308 e. The Bertz CT molecular complexity index is 6110. The molecular formula is C90H68N7O3P3S. The zero-order valence-electron chi connectivity index (χ0n) is 57.3. The minimum absolute atomic E-state index is 0.793. The molecule has 502 valence electrons. The summed E-state index contributed by atoms with van der Waals surface area (Å²) in [5.74, 6) is 2.97. The van der Waals surface area contributed by atoms with Crippen LogP contribution in [0, 0.1) is 0 Å². The van der Waals surface area contributed by atoms with E-state index < -0.39 is 21.4 Å². The standard InChI is InChI=1S/C37H27N2OPS.C27H21N2OP.C26H20N3OP/c1-2-36-38-30-14-9-15-32-37(30)39(36)31-21-20-28(24-33(31)41(32,40)29-12-7-4-8-13-29)25-16-18-27(19-17-25)35-23-22-34(42-35)26-10-5-3-6-11-26;1-2-26-28-22-14-9-15-24-27(22)29(26)23-17-16-20(19-10-5-3-6-11-19)18-25(23)31(24,30)21-12-7-4-8-13-21;1-2-25-28-21-9-6-10-23-26(21)29(25)22-12-11-19(18-13-15-27-16-14-18)17-24(22)31(23,30)20-7-4-3-5-8-20/h3-24H,2H2,1H3;3-18H,2H2,1H3;3-17H,2H2,1H3. The van der Waals surface area contributed by atoms with Crippen LogP contribution in [0.4, 0.5) is 0 Å². The van der Waals surface area contributed by atoms with Gasteiger partial charge in [-0.05, 0) is 142 Å². The van der Waals surface area contributed by atoms with E-state index in [4.69, 9.17) is 15.0 Å². The number of rotatable bonds is 11. The Balaban J connectivity index is 0.000000113. The van der Waals surface area contributed by atoms with Crippen molar-refractivity contribution in [2.24, 2.45) is 0 Å². The van der Waals surface area contributed by atoms with Gasteiger partial charge in [0.05, 0.1) is 50.2 Å². The van der Waals surface area contributed by atoms with Crippen molar-refractivity contribution in [2.45, 2.75) is 40.0 Å². The summed E-state index contributed by atoms with van der Waals surface area (Å²) < 4.78 is 52.3. The fourth-order valence-corrected chi connectivity index (χ4v) is 25.7. The van der Waals surface area contributed by atoms with Gasteiger partial charge in [-0.15, -0.1) is 11.3 Å². The fraction of sp³-hybridized carbons (Fsp3) is 0.0667. The van der Waals surface area contributed by atoms with Crippen LogP contribution in [-0.4, -0.2) is 33.6 Å². The molecule has 14 heteroatoms. The van der Waals surface area contributed by atoms with Crippen LogP contribution in [-0.2, 0) is 33.0 Å². The second kappa shape index (κ2) is 26.1. The van der Waals surface area contributed by atoms with Gasteiger partial charge in [-0.3, -0.25) is 18.7 Å². The molecule has 5 aromatic heterocycles. The van der Waals surface area contributed by atoms with Crippen LogP contribution in [0.2, 0.25) is 0 Å². The smallest absolute Gasteiger partial charge is 0.175 e. The lowest BCUT2D eigenvalue weighted by Crippen LogP contribution is -2.33. The first-order chi connectivity index (χ1) is 51.1. The number of hydrogen-bond donors (Lipinski definition) is 0. The number of imidazole rings is 3. The Morgan fingerprint density at radius 2 is 0.567 bits per heavy atom. The average molecular weight is 1420 g/mol. The molecule has 0 spiro atoms. The predicted molar refractivity (Wildman–Crippen MR) is 433 cm³/mol. The summed E-state index contributed by atoms with van der Waals surface area (Å²) >= 11 is 1.81. The maximum absolute atomic E-state index is 15.5. The predicted octanol–water partition coefficient (Wildman–Crippen LogP) is 18.4. The molecule has 0 N–H and O–H groups in total. The number of hydrogen-bond acceptors (Lipinski definition) is 8.